The molecule has 0 aliphatic carbocycles. The molecule has 0 radical (unpaired) electrons. The molecule has 0 atom stereocenters. The molecule has 0 unspecified atom stereocenters. The first-order chi connectivity index (χ1) is 5.93. The van der Waals surface area contributed by atoms with Gasteiger partial charge in [-0.05, 0) is 27.8 Å². The molecular formula is C9H18N2OS. The van der Waals surface area contributed by atoms with Crippen LogP contribution in [0.1, 0.15) is 20.8 Å². The third-order valence-electron chi connectivity index (χ3n) is 1.53. The van der Waals surface area contributed by atoms with E-state index < -0.39 is 0 Å². The molecule has 1 rings (SSSR count). The van der Waals surface area contributed by atoms with Gasteiger partial charge < -0.3 is 10.6 Å². The van der Waals surface area contributed by atoms with E-state index in [2.05, 4.69) is 12.3 Å². The van der Waals surface area contributed by atoms with E-state index in [1.807, 2.05) is 20.8 Å². The van der Waals surface area contributed by atoms with Crippen LogP contribution in [-0.4, -0.2) is 29.1 Å². The maximum atomic E-state index is 11.3. The van der Waals surface area contributed by atoms with Gasteiger partial charge in [0.25, 0.3) is 0 Å². The first-order valence-electron chi connectivity index (χ1n) is 4.15. The highest BCUT2D eigenvalue weighted by Crippen LogP contribution is 2.33. The van der Waals surface area contributed by atoms with E-state index in [-0.39, 0.29) is 11.4 Å². The van der Waals surface area contributed by atoms with Crippen LogP contribution in [0, 0.1) is 0 Å². The Kier molecular flexibility index (Phi) is 4.50. The van der Waals surface area contributed by atoms with Crippen molar-refractivity contribution in [2.24, 2.45) is 5.73 Å². The molecule has 0 bridgehead atoms. The van der Waals surface area contributed by atoms with Gasteiger partial charge in [-0.25, -0.2) is 0 Å². The first kappa shape index (κ1) is 12.5. The van der Waals surface area contributed by atoms with E-state index in [0.717, 1.165) is 5.03 Å². The molecule has 2 N–H and O–H groups in total. The quantitative estimate of drug-likeness (QED) is 0.646. The van der Waals surface area contributed by atoms with Crippen LogP contribution in [0.4, 0.5) is 0 Å². The second-order valence-corrected chi connectivity index (χ2v) is 4.63. The summed E-state index contributed by atoms with van der Waals surface area (Å²) < 4.78 is 0. The fourth-order valence-corrected chi connectivity index (χ4v) is 2.09. The summed E-state index contributed by atoms with van der Waals surface area (Å²) in [7, 11) is 1.50. The van der Waals surface area contributed by atoms with Crippen LogP contribution >= 0.6 is 11.8 Å². The normalized spacial score (nSPS) is 17.2. The number of nitrogens with zero attached hydrogens (tertiary/aromatic N) is 1. The highest BCUT2D eigenvalue weighted by Gasteiger charge is 2.33. The fourth-order valence-electron chi connectivity index (χ4n) is 1.16. The maximum Gasteiger partial charge on any atom is 0.238 e. The Bertz CT molecular complexity index is 192. The van der Waals surface area contributed by atoms with Crippen LogP contribution in [0.3, 0.4) is 0 Å². The summed E-state index contributed by atoms with van der Waals surface area (Å²) in [6, 6.07) is 0. The lowest BCUT2D eigenvalue weighted by Crippen LogP contribution is -2.41. The molecule has 13 heavy (non-hydrogen) atoms. The Balaban J connectivity index is 0.000000671. The SMILES string of the molecule is C=C1SCC(=O)N1C(C)(C)C.CN. The standard InChI is InChI=1S/C8H13NOS.CH5N/c1-6-9(8(2,3)4)7(10)5-11-6;1-2/h1,5H2,2-4H3;2H2,1H3. The molecule has 1 aliphatic heterocycles. The lowest BCUT2D eigenvalue weighted by atomic mass is 10.1. The van der Waals surface area contributed by atoms with Crippen molar-refractivity contribution in [2.75, 3.05) is 12.8 Å². The van der Waals surface area contributed by atoms with Crippen molar-refractivity contribution < 1.29 is 4.79 Å². The summed E-state index contributed by atoms with van der Waals surface area (Å²) in [6.45, 7) is 9.87. The largest absolute Gasteiger partial charge is 0.333 e. The number of thioether (sulfide) groups is 1. The Morgan fingerprint density at radius 3 is 2.08 bits per heavy atom. The second kappa shape index (κ2) is 4.67. The van der Waals surface area contributed by atoms with Crippen molar-refractivity contribution >= 4 is 17.7 Å². The Hall–Kier alpha value is -0.480. The van der Waals surface area contributed by atoms with Crippen molar-refractivity contribution in [1.82, 2.24) is 4.90 Å². The van der Waals surface area contributed by atoms with Gasteiger partial charge in [-0.1, -0.05) is 18.3 Å². The fraction of sp³-hybridized carbons (Fsp3) is 0.667. The van der Waals surface area contributed by atoms with Crippen molar-refractivity contribution in [3.63, 3.8) is 0 Å². The van der Waals surface area contributed by atoms with E-state index >= 15 is 0 Å². The monoisotopic (exact) mass is 202 g/mol. The van der Waals surface area contributed by atoms with Crippen LogP contribution in [0.2, 0.25) is 0 Å². The zero-order chi connectivity index (χ0) is 10.6. The second-order valence-electron chi connectivity index (χ2n) is 3.58. The molecule has 1 saturated heterocycles. The topological polar surface area (TPSA) is 46.3 Å². The highest BCUT2D eigenvalue weighted by atomic mass is 32.2. The third kappa shape index (κ3) is 3.04. The molecule has 1 heterocycles. The van der Waals surface area contributed by atoms with Crippen molar-refractivity contribution in [1.29, 1.82) is 0 Å². The molecule has 1 fully saturated rings. The van der Waals surface area contributed by atoms with Gasteiger partial charge in [0.2, 0.25) is 5.91 Å². The van der Waals surface area contributed by atoms with Crippen LogP contribution in [0.25, 0.3) is 0 Å². The average molecular weight is 202 g/mol. The molecule has 0 aromatic heterocycles. The lowest BCUT2D eigenvalue weighted by Gasteiger charge is -2.31. The van der Waals surface area contributed by atoms with E-state index in [1.54, 1.807) is 4.90 Å². The highest BCUT2D eigenvalue weighted by molar-refractivity contribution is 8.04. The summed E-state index contributed by atoms with van der Waals surface area (Å²) in [5.41, 5.74) is 4.39. The van der Waals surface area contributed by atoms with E-state index in [4.69, 9.17) is 0 Å². The molecule has 0 aromatic carbocycles. The molecule has 0 saturated carbocycles. The first-order valence-corrected chi connectivity index (χ1v) is 5.14. The molecule has 0 aromatic rings. The van der Waals surface area contributed by atoms with Crippen molar-refractivity contribution in [3.05, 3.63) is 11.6 Å². The predicted molar refractivity (Wildman–Crippen MR) is 58.3 cm³/mol. The van der Waals surface area contributed by atoms with Gasteiger partial charge in [0.05, 0.1) is 10.8 Å². The van der Waals surface area contributed by atoms with E-state index in [9.17, 15) is 4.79 Å². The summed E-state index contributed by atoms with van der Waals surface area (Å²) in [4.78, 5) is 13.0. The zero-order valence-electron chi connectivity index (χ0n) is 8.76. The molecular weight excluding hydrogens is 184 g/mol. The van der Waals surface area contributed by atoms with Crippen LogP contribution in [-0.2, 0) is 4.79 Å². The minimum Gasteiger partial charge on any atom is -0.333 e. The van der Waals surface area contributed by atoms with Gasteiger partial charge >= 0.3 is 0 Å². The number of nitrogens with two attached hydrogens (primary N) is 1. The van der Waals surface area contributed by atoms with Gasteiger partial charge in [-0.2, -0.15) is 0 Å². The Labute approximate surface area is 84.4 Å². The number of amides is 1. The smallest absolute Gasteiger partial charge is 0.238 e. The minimum atomic E-state index is -0.113. The molecule has 76 valence electrons. The Morgan fingerprint density at radius 2 is 1.92 bits per heavy atom. The van der Waals surface area contributed by atoms with Gasteiger partial charge in [-0.3, -0.25) is 4.79 Å². The van der Waals surface area contributed by atoms with E-state index in [0.29, 0.717) is 5.75 Å². The van der Waals surface area contributed by atoms with Gasteiger partial charge in [0, 0.05) is 5.54 Å². The summed E-state index contributed by atoms with van der Waals surface area (Å²) in [6.07, 6.45) is 0. The number of carbonyl (C=O) groups excluding carboxylic acids is 1. The average Bonchev–Trinajstić information content (AvgIpc) is 2.33. The molecule has 3 nitrogen and oxygen atoms in total. The van der Waals surface area contributed by atoms with Gasteiger partial charge in [-0.15, -0.1) is 0 Å². The molecule has 1 aliphatic rings. The maximum absolute atomic E-state index is 11.3. The summed E-state index contributed by atoms with van der Waals surface area (Å²) in [5.74, 6) is 0.725. The zero-order valence-corrected chi connectivity index (χ0v) is 9.57. The molecule has 4 heteroatoms. The van der Waals surface area contributed by atoms with Crippen LogP contribution in [0.15, 0.2) is 11.6 Å². The number of hydrogen-bond donors (Lipinski definition) is 1. The predicted octanol–water partition coefficient (Wildman–Crippen LogP) is 1.41. The van der Waals surface area contributed by atoms with E-state index in [1.165, 1.54) is 18.8 Å². The minimum absolute atomic E-state index is 0.113. The molecule has 1 amide bonds. The van der Waals surface area contributed by atoms with Crippen LogP contribution < -0.4 is 5.73 Å². The number of rotatable bonds is 0. The lowest BCUT2D eigenvalue weighted by molar-refractivity contribution is -0.128. The Morgan fingerprint density at radius 1 is 1.46 bits per heavy atom. The van der Waals surface area contributed by atoms with Crippen molar-refractivity contribution in [2.45, 2.75) is 26.3 Å². The van der Waals surface area contributed by atoms with Crippen LogP contribution in [0.5, 0.6) is 0 Å². The summed E-state index contributed by atoms with van der Waals surface area (Å²) in [5, 5.41) is 0.877. The number of carbonyl (C=O) groups is 1. The van der Waals surface area contributed by atoms with Gasteiger partial charge in [0.1, 0.15) is 0 Å². The van der Waals surface area contributed by atoms with Gasteiger partial charge in [0.15, 0.2) is 0 Å². The molecule has 0 spiro atoms. The number of hydrogen-bond acceptors (Lipinski definition) is 3. The summed E-state index contributed by atoms with van der Waals surface area (Å²) >= 11 is 1.52. The third-order valence-corrected chi connectivity index (χ3v) is 2.44. The van der Waals surface area contributed by atoms with Crippen molar-refractivity contribution in [3.8, 4) is 0 Å².